The molecule has 174 valence electrons. The molecule has 0 atom stereocenters. The summed E-state index contributed by atoms with van der Waals surface area (Å²) < 4.78 is 81.3. The first-order chi connectivity index (χ1) is 15.5. The molecule has 0 unspecified atom stereocenters. The lowest BCUT2D eigenvalue weighted by Crippen LogP contribution is -2.17. The van der Waals surface area contributed by atoms with E-state index in [9.17, 15) is 26.3 Å². The Kier molecular flexibility index (Phi) is 6.00. The summed E-state index contributed by atoms with van der Waals surface area (Å²) in [5.41, 5.74) is -0.402. The van der Waals surface area contributed by atoms with Gasteiger partial charge in [-0.25, -0.2) is 4.98 Å². The van der Waals surface area contributed by atoms with Crippen molar-refractivity contribution in [2.75, 3.05) is 10.6 Å². The van der Waals surface area contributed by atoms with Crippen molar-refractivity contribution in [1.82, 2.24) is 9.97 Å². The Hall–Kier alpha value is -3.21. The lowest BCUT2D eigenvalue weighted by molar-refractivity contribution is -0.274. The minimum atomic E-state index is -4.86. The Bertz CT molecular complexity index is 1160. The second-order valence-electron chi connectivity index (χ2n) is 7.27. The minimum absolute atomic E-state index is 0.0721. The van der Waals surface area contributed by atoms with E-state index >= 15 is 0 Å². The van der Waals surface area contributed by atoms with Crippen molar-refractivity contribution in [1.29, 1.82) is 0 Å². The first-order valence-electron chi connectivity index (χ1n) is 9.62. The third-order valence-electron chi connectivity index (χ3n) is 4.54. The second kappa shape index (κ2) is 8.62. The molecule has 1 fully saturated rings. The van der Waals surface area contributed by atoms with E-state index in [-0.39, 0.29) is 29.2 Å². The first kappa shape index (κ1) is 23.0. The molecule has 12 heteroatoms. The van der Waals surface area contributed by atoms with Crippen LogP contribution in [0.25, 0.3) is 11.3 Å². The van der Waals surface area contributed by atoms with Crippen molar-refractivity contribution in [2.45, 2.75) is 31.4 Å². The van der Waals surface area contributed by atoms with Crippen LogP contribution >= 0.6 is 11.6 Å². The molecule has 33 heavy (non-hydrogen) atoms. The number of hydrogen-bond acceptors (Lipinski definition) is 5. The molecule has 5 nitrogen and oxygen atoms in total. The van der Waals surface area contributed by atoms with Gasteiger partial charge in [0.05, 0.1) is 16.3 Å². The molecule has 2 N–H and O–H groups in total. The number of aromatic nitrogens is 2. The standard InChI is InChI=1S/C21H15ClF6N4O/c22-16-7-6-13(9-15(16)20(23,24)25)29-18-10-17(31-19(32-18)30-12-4-5-12)11-2-1-3-14(8-11)33-21(26,27)28/h1-3,6-10,12H,4-5H2,(H2,29,30,31,32). The van der Waals surface area contributed by atoms with Gasteiger partial charge in [0.25, 0.3) is 0 Å². The number of nitrogens with one attached hydrogen (secondary N) is 2. The Balaban J connectivity index is 1.69. The van der Waals surface area contributed by atoms with Crippen LogP contribution in [0.5, 0.6) is 5.75 Å². The fourth-order valence-electron chi connectivity index (χ4n) is 2.95. The summed E-state index contributed by atoms with van der Waals surface area (Å²) in [4.78, 5) is 8.61. The summed E-state index contributed by atoms with van der Waals surface area (Å²) in [7, 11) is 0. The van der Waals surface area contributed by atoms with Crippen LogP contribution in [0.15, 0.2) is 48.5 Å². The molecule has 0 bridgehead atoms. The van der Waals surface area contributed by atoms with Crippen LogP contribution in [0.3, 0.4) is 0 Å². The van der Waals surface area contributed by atoms with Gasteiger partial charge in [-0.15, -0.1) is 13.2 Å². The number of hydrogen-bond donors (Lipinski definition) is 2. The highest BCUT2D eigenvalue weighted by Gasteiger charge is 2.33. The van der Waals surface area contributed by atoms with E-state index in [1.54, 1.807) is 0 Å². The van der Waals surface area contributed by atoms with E-state index in [0.29, 0.717) is 5.56 Å². The summed E-state index contributed by atoms with van der Waals surface area (Å²) >= 11 is 5.66. The van der Waals surface area contributed by atoms with Gasteiger partial charge >= 0.3 is 12.5 Å². The summed E-state index contributed by atoms with van der Waals surface area (Å²) in [5, 5.41) is 5.40. The van der Waals surface area contributed by atoms with Gasteiger partial charge in [-0.3, -0.25) is 0 Å². The highest BCUT2D eigenvalue weighted by atomic mass is 35.5. The van der Waals surface area contributed by atoms with Crippen LogP contribution in [-0.4, -0.2) is 22.4 Å². The Labute approximate surface area is 188 Å². The van der Waals surface area contributed by atoms with E-state index in [1.165, 1.54) is 24.3 Å². The van der Waals surface area contributed by atoms with Gasteiger partial charge in [0.15, 0.2) is 0 Å². The normalized spacial score (nSPS) is 14.2. The van der Waals surface area contributed by atoms with Crippen LogP contribution in [0.2, 0.25) is 5.02 Å². The molecule has 0 spiro atoms. The van der Waals surface area contributed by atoms with Gasteiger partial charge in [0.2, 0.25) is 5.95 Å². The number of rotatable bonds is 6. The van der Waals surface area contributed by atoms with Crippen molar-refractivity contribution in [3.8, 4) is 17.0 Å². The largest absolute Gasteiger partial charge is 0.573 e. The molecular formula is C21H15ClF6N4O. The van der Waals surface area contributed by atoms with E-state index in [0.717, 1.165) is 37.1 Å². The summed E-state index contributed by atoms with van der Waals surface area (Å²) in [6.07, 6.45) is -7.71. The zero-order chi connectivity index (χ0) is 23.8. The van der Waals surface area contributed by atoms with Gasteiger partial charge in [-0.2, -0.15) is 18.2 Å². The first-order valence-corrected chi connectivity index (χ1v) is 10.00. The minimum Gasteiger partial charge on any atom is -0.406 e. The van der Waals surface area contributed by atoms with Crippen LogP contribution in [-0.2, 0) is 6.18 Å². The van der Waals surface area contributed by atoms with Crippen LogP contribution in [0.4, 0.5) is 43.8 Å². The molecule has 4 rings (SSSR count). The molecule has 1 aromatic heterocycles. The average Bonchev–Trinajstić information content (AvgIpc) is 3.51. The zero-order valence-corrected chi connectivity index (χ0v) is 17.3. The Morgan fingerprint density at radius 3 is 2.36 bits per heavy atom. The number of anilines is 3. The fourth-order valence-corrected chi connectivity index (χ4v) is 3.18. The quantitative estimate of drug-likeness (QED) is 0.365. The molecule has 0 aliphatic heterocycles. The zero-order valence-electron chi connectivity index (χ0n) is 16.6. The Morgan fingerprint density at radius 2 is 1.70 bits per heavy atom. The van der Waals surface area contributed by atoms with Gasteiger partial charge in [-0.1, -0.05) is 23.7 Å². The maximum atomic E-state index is 13.2. The third-order valence-corrected chi connectivity index (χ3v) is 4.87. The molecule has 0 amide bonds. The molecule has 0 radical (unpaired) electrons. The maximum Gasteiger partial charge on any atom is 0.573 e. The lowest BCUT2D eigenvalue weighted by atomic mass is 10.1. The molecule has 1 aliphatic carbocycles. The van der Waals surface area contributed by atoms with E-state index < -0.39 is 28.9 Å². The topological polar surface area (TPSA) is 59.1 Å². The predicted molar refractivity (Wildman–Crippen MR) is 111 cm³/mol. The van der Waals surface area contributed by atoms with Gasteiger partial charge in [0.1, 0.15) is 11.6 Å². The van der Waals surface area contributed by atoms with Crippen molar-refractivity contribution < 1.29 is 31.1 Å². The summed E-state index contributed by atoms with van der Waals surface area (Å²) in [6, 6.07) is 10.1. The lowest BCUT2D eigenvalue weighted by Gasteiger charge is -2.14. The van der Waals surface area contributed by atoms with E-state index in [1.807, 2.05) is 0 Å². The molecule has 2 aromatic carbocycles. The van der Waals surface area contributed by atoms with Gasteiger partial charge < -0.3 is 15.4 Å². The molecule has 3 aromatic rings. The summed E-state index contributed by atoms with van der Waals surface area (Å²) in [6.45, 7) is 0. The molecule has 1 aliphatic rings. The van der Waals surface area contributed by atoms with E-state index in [4.69, 9.17) is 11.6 Å². The van der Waals surface area contributed by atoms with Crippen molar-refractivity contribution in [3.05, 3.63) is 59.1 Å². The monoisotopic (exact) mass is 488 g/mol. The molecule has 0 saturated heterocycles. The number of benzene rings is 2. The van der Waals surface area contributed by atoms with Crippen LogP contribution < -0.4 is 15.4 Å². The molecular weight excluding hydrogens is 474 g/mol. The number of alkyl halides is 6. The fraction of sp³-hybridized carbons (Fsp3) is 0.238. The SMILES string of the molecule is FC(F)(F)Oc1cccc(-c2cc(Nc3ccc(Cl)c(C(F)(F)F)c3)nc(NC3CC3)n2)c1. The highest BCUT2D eigenvalue weighted by Crippen LogP contribution is 2.37. The highest BCUT2D eigenvalue weighted by molar-refractivity contribution is 6.31. The smallest absolute Gasteiger partial charge is 0.406 e. The van der Waals surface area contributed by atoms with Crippen molar-refractivity contribution in [3.63, 3.8) is 0 Å². The number of nitrogens with zero attached hydrogens (tertiary/aromatic N) is 2. The Morgan fingerprint density at radius 1 is 0.939 bits per heavy atom. The molecule has 1 saturated carbocycles. The molecule has 1 heterocycles. The number of halogens is 7. The van der Waals surface area contributed by atoms with Crippen LogP contribution in [0, 0.1) is 0 Å². The van der Waals surface area contributed by atoms with Gasteiger partial charge in [0, 0.05) is 23.4 Å². The van der Waals surface area contributed by atoms with Crippen molar-refractivity contribution >= 4 is 29.1 Å². The van der Waals surface area contributed by atoms with E-state index in [2.05, 4.69) is 25.3 Å². The third kappa shape index (κ3) is 6.19. The number of ether oxygens (including phenoxy) is 1. The second-order valence-corrected chi connectivity index (χ2v) is 7.68. The summed E-state index contributed by atoms with van der Waals surface area (Å²) in [5.74, 6) is -0.109. The van der Waals surface area contributed by atoms with Crippen LogP contribution in [0.1, 0.15) is 18.4 Å². The maximum absolute atomic E-state index is 13.2. The predicted octanol–water partition coefficient (Wildman–Crippen LogP) is 7.03. The average molecular weight is 489 g/mol. The van der Waals surface area contributed by atoms with Gasteiger partial charge in [-0.05, 0) is 43.2 Å². The van der Waals surface area contributed by atoms with Crippen molar-refractivity contribution in [2.24, 2.45) is 0 Å².